The number of likely N-dealkylation sites (tertiary alicyclic amines) is 1. The van der Waals surface area contributed by atoms with Crippen LogP contribution in [0.15, 0.2) is 0 Å². The summed E-state index contributed by atoms with van der Waals surface area (Å²) in [6.07, 6.45) is 2.83. The summed E-state index contributed by atoms with van der Waals surface area (Å²) in [5, 5.41) is 0. The van der Waals surface area contributed by atoms with Crippen molar-refractivity contribution >= 4 is 6.09 Å². The van der Waals surface area contributed by atoms with Gasteiger partial charge in [-0.2, -0.15) is 0 Å². The maximum atomic E-state index is 12.1. The molecule has 2 atom stereocenters. The van der Waals surface area contributed by atoms with Crippen LogP contribution in [-0.2, 0) is 9.47 Å². The lowest BCUT2D eigenvalue weighted by Crippen LogP contribution is -2.66. The van der Waals surface area contributed by atoms with Crippen molar-refractivity contribution in [1.29, 1.82) is 0 Å². The third-order valence-electron chi connectivity index (χ3n) is 4.56. The molecule has 1 heterocycles. The van der Waals surface area contributed by atoms with Crippen LogP contribution in [0.4, 0.5) is 4.79 Å². The zero-order valence-corrected chi connectivity index (χ0v) is 13.1. The molecule has 2 fully saturated rings. The Bertz CT molecular complexity index is 355. The predicted molar refractivity (Wildman–Crippen MR) is 77.5 cm³/mol. The predicted octanol–water partition coefficient (Wildman–Crippen LogP) is 2.14. The monoisotopic (exact) mass is 284 g/mol. The van der Waals surface area contributed by atoms with E-state index < -0.39 is 5.60 Å². The first-order valence-corrected chi connectivity index (χ1v) is 7.63. The van der Waals surface area contributed by atoms with Crippen LogP contribution in [0.3, 0.4) is 0 Å². The molecule has 1 amide bonds. The van der Waals surface area contributed by atoms with Gasteiger partial charge in [-0.05, 0) is 47.0 Å². The zero-order valence-electron chi connectivity index (χ0n) is 13.1. The van der Waals surface area contributed by atoms with Gasteiger partial charge < -0.3 is 20.1 Å². The Morgan fingerprint density at radius 1 is 1.35 bits per heavy atom. The smallest absolute Gasteiger partial charge is 0.410 e. The number of amides is 1. The Kier molecular flexibility index (Phi) is 4.30. The van der Waals surface area contributed by atoms with Crippen molar-refractivity contribution in [2.45, 2.75) is 64.7 Å². The van der Waals surface area contributed by atoms with Crippen molar-refractivity contribution in [2.24, 2.45) is 11.1 Å². The molecule has 0 aromatic carbocycles. The molecular weight excluding hydrogens is 256 g/mol. The molecule has 2 rings (SSSR count). The molecule has 2 N–H and O–H groups in total. The van der Waals surface area contributed by atoms with E-state index in [-0.39, 0.29) is 23.7 Å². The minimum Gasteiger partial charge on any atom is -0.444 e. The molecule has 1 spiro atoms. The second-order valence-electron chi connectivity index (χ2n) is 6.99. The van der Waals surface area contributed by atoms with Crippen LogP contribution in [0.2, 0.25) is 0 Å². The summed E-state index contributed by atoms with van der Waals surface area (Å²) in [5.74, 6) is 0. The molecule has 0 radical (unpaired) electrons. The highest BCUT2D eigenvalue weighted by Crippen LogP contribution is 2.50. The van der Waals surface area contributed by atoms with Gasteiger partial charge in [-0.25, -0.2) is 4.79 Å². The number of rotatable bonds is 2. The highest BCUT2D eigenvalue weighted by atomic mass is 16.6. The Hall–Kier alpha value is -0.810. The van der Waals surface area contributed by atoms with Crippen LogP contribution in [0, 0.1) is 5.41 Å². The third-order valence-corrected chi connectivity index (χ3v) is 4.56. The van der Waals surface area contributed by atoms with Gasteiger partial charge in [-0.3, -0.25) is 0 Å². The van der Waals surface area contributed by atoms with Crippen LogP contribution in [-0.4, -0.2) is 48.4 Å². The number of ether oxygens (including phenoxy) is 2. The Morgan fingerprint density at radius 3 is 2.40 bits per heavy atom. The normalized spacial score (nSPS) is 29.1. The van der Waals surface area contributed by atoms with Crippen LogP contribution >= 0.6 is 0 Å². The first kappa shape index (κ1) is 15.6. The van der Waals surface area contributed by atoms with Crippen molar-refractivity contribution in [3.05, 3.63) is 0 Å². The molecule has 20 heavy (non-hydrogen) atoms. The fourth-order valence-electron chi connectivity index (χ4n) is 3.34. The van der Waals surface area contributed by atoms with Gasteiger partial charge >= 0.3 is 6.09 Å². The van der Waals surface area contributed by atoms with E-state index in [9.17, 15) is 4.79 Å². The lowest BCUT2D eigenvalue weighted by molar-refractivity contribution is -0.147. The molecule has 5 nitrogen and oxygen atoms in total. The van der Waals surface area contributed by atoms with E-state index in [0.29, 0.717) is 13.1 Å². The minimum absolute atomic E-state index is 0.0779. The van der Waals surface area contributed by atoms with Crippen LogP contribution in [0.25, 0.3) is 0 Å². The van der Waals surface area contributed by atoms with Gasteiger partial charge in [0.25, 0.3) is 0 Å². The van der Waals surface area contributed by atoms with E-state index in [1.54, 1.807) is 4.90 Å². The Balaban J connectivity index is 1.90. The standard InChI is InChI=1S/C15H28N2O3/c1-5-19-12-10-11(16)15(12)6-8-17(9-7-15)13(18)20-14(2,3)4/h11-12H,5-10,16H2,1-4H3/t11-,12+/m1/s1. The molecule has 5 heteroatoms. The van der Waals surface area contributed by atoms with Crippen LogP contribution < -0.4 is 5.73 Å². The summed E-state index contributed by atoms with van der Waals surface area (Å²) in [6, 6.07) is 0.208. The van der Waals surface area contributed by atoms with E-state index >= 15 is 0 Å². The molecule has 0 aromatic rings. The van der Waals surface area contributed by atoms with E-state index in [4.69, 9.17) is 15.2 Å². The number of nitrogens with two attached hydrogens (primary N) is 1. The van der Waals surface area contributed by atoms with Crippen molar-refractivity contribution in [3.8, 4) is 0 Å². The molecule has 1 aliphatic carbocycles. The minimum atomic E-state index is -0.438. The van der Waals surface area contributed by atoms with Gasteiger partial charge in [0, 0.05) is 31.2 Å². The van der Waals surface area contributed by atoms with Gasteiger partial charge in [0.2, 0.25) is 0 Å². The first-order valence-electron chi connectivity index (χ1n) is 7.63. The van der Waals surface area contributed by atoms with Gasteiger partial charge in [-0.1, -0.05) is 0 Å². The first-order chi connectivity index (χ1) is 9.28. The number of hydrogen-bond acceptors (Lipinski definition) is 4. The van der Waals surface area contributed by atoms with E-state index in [0.717, 1.165) is 25.9 Å². The van der Waals surface area contributed by atoms with E-state index in [1.807, 2.05) is 27.7 Å². The maximum absolute atomic E-state index is 12.1. The topological polar surface area (TPSA) is 64.8 Å². The van der Waals surface area contributed by atoms with Crippen molar-refractivity contribution in [2.75, 3.05) is 19.7 Å². The number of carbonyl (C=O) groups is 1. The van der Waals surface area contributed by atoms with Crippen LogP contribution in [0.5, 0.6) is 0 Å². The van der Waals surface area contributed by atoms with E-state index in [2.05, 4.69) is 0 Å². The molecule has 2 aliphatic rings. The largest absolute Gasteiger partial charge is 0.444 e. The molecule has 1 saturated carbocycles. The molecule has 0 bridgehead atoms. The highest BCUT2D eigenvalue weighted by Gasteiger charge is 2.55. The van der Waals surface area contributed by atoms with Crippen molar-refractivity contribution < 1.29 is 14.3 Å². The highest BCUT2D eigenvalue weighted by molar-refractivity contribution is 5.68. The Labute approximate surface area is 121 Å². The fraction of sp³-hybridized carbons (Fsp3) is 0.933. The third kappa shape index (κ3) is 2.93. The molecular formula is C15H28N2O3. The van der Waals surface area contributed by atoms with Gasteiger partial charge in [0.05, 0.1) is 6.10 Å². The quantitative estimate of drug-likeness (QED) is 0.843. The average Bonchev–Trinajstić information content (AvgIpc) is 2.37. The zero-order chi connectivity index (χ0) is 15.0. The second-order valence-corrected chi connectivity index (χ2v) is 6.99. The SMILES string of the molecule is CCO[C@H]1C[C@@H](N)C12CCN(C(=O)OC(C)(C)C)CC2. The molecule has 1 aliphatic heterocycles. The van der Waals surface area contributed by atoms with Gasteiger partial charge in [-0.15, -0.1) is 0 Å². The van der Waals surface area contributed by atoms with Crippen molar-refractivity contribution in [3.63, 3.8) is 0 Å². The second kappa shape index (κ2) is 5.53. The summed E-state index contributed by atoms with van der Waals surface area (Å²) in [7, 11) is 0. The number of piperidine rings is 1. The summed E-state index contributed by atoms with van der Waals surface area (Å²) in [5.41, 5.74) is 5.86. The van der Waals surface area contributed by atoms with Crippen molar-refractivity contribution in [1.82, 2.24) is 4.90 Å². The molecule has 0 aromatic heterocycles. The summed E-state index contributed by atoms with van der Waals surface area (Å²) in [4.78, 5) is 13.9. The lowest BCUT2D eigenvalue weighted by atomic mass is 9.57. The molecule has 0 unspecified atom stereocenters. The number of nitrogens with zero attached hydrogens (tertiary/aromatic N) is 1. The average molecular weight is 284 g/mol. The summed E-state index contributed by atoms with van der Waals surface area (Å²) >= 11 is 0. The maximum Gasteiger partial charge on any atom is 0.410 e. The van der Waals surface area contributed by atoms with Gasteiger partial charge in [0.15, 0.2) is 0 Å². The number of carbonyl (C=O) groups excluding carboxylic acids is 1. The summed E-state index contributed by atoms with van der Waals surface area (Å²) in [6.45, 7) is 9.86. The van der Waals surface area contributed by atoms with E-state index in [1.165, 1.54) is 0 Å². The molecule has 116 valence electrons. The lowest BCUT2D eigenvalue weighted by Gasteiger charge is -2.57. The number of hydrogen-bond donors (Lipinski definition) is 1. The Morgan fingerprint density at radius 2 is 1.95 bits per heavy atom. The summed E-state index contributed by atoms with van der Waals surface area (Å²) < 4.78 is 11.2. The fourth-order valence-corrected chi connectivity index (χ4v) is 3.34. The van der Waals surface area contributed by atoms with Gasteiger partial charge in [0.1, 0.15) is 5.60 Å². The molecule has 1 saturated heterocycles. The van der Waals surface area contributed by atoms with Crippen LogP contribution in [0.1, 0.15) is 47.0 Å².